The van der Waals surface area contributed by atoms with Crippen LogP contribution in [0.2, 0.25) is 0 Å². The van der Waals surface area contributed by atoms with Crippen molar-refractivity contribution >= 4 is 5.97 Å². The SMILES string of the molecule is CC(C)CCc1c(CF)n(CCC2CCCCC2)c(=O)n1Cc1ccc(-c2ccccc2)c(C(=O)O)c1. The van der Waals surface area contributed by atoms with E-state index in [1.165, 1.54) is 32.1 Å². The highest BCUT2D eigenvalue weighted by molar-refractivity contribution is 5.96. The lowest BCUT2D eigenvalue weighted by atomic mass is 9.87. The molecule has 1 aromatic heterocycles. The Morgan fingerprint density at radius 2 is 1.76 bits per heavy atom. The molecular formula is C31H39FN2O3. The largest absolute Gasteiger partial charge is 0.478 e. The third-order valence-corrected chi connectivity index (χ3v) is 7.76. The fourth-order valence-electron chi connectivity index (χ4n) is 5.64. The molecule has 4 rings (SSSR count). The van der Waals surface area contributed by atoms with Gasteiger partial charge in [-0.3, -0.25) is 9.13 Å². The Bertz CT molecular complexity index is 1250. The number of hydrogen-bond acceptors (Lipinski definition) is 2. The summed E-state index contributed by atoms with van der Waals surface area (Å²) in [7, 11) is 0. The van der Waals surface area contributed by atoms with Crippen molar-refractivity contribution < 1.29 is 14.3 Å². The summed E-state index contributed by atoms with van der Waals surface area (Å²) < 4.78 is 17.8. The Kier molecular flexibility index (Phi) is 9.01. The third-order valence-electron chi connectivity index (χ3n) is 7.76. The van der Waals surface area contributed by atoms with Crippen molar-refractivity contribution in [2.75, 3.05) is 0 Å². The summed E-state index contributed by atoms with van der Waals surface area (Å²) in [6, 6.07) is 14.8. The van der Waals surface area contributed by atoms with Crippen LogP contribution in [0.4, 0.5) is 4.39 Å². The van der Waals surface area contributed by atoms with E-state index in [-0.39, 0.29) is 17.8 Å². The Morgan fingerprint density at radius 1 is 1.03 bits per heavy atom. The Balaban J connectivity index is 1.69. The molecule has 1 N–H and O–H groups in total. The lowest BCUT2D eigenvalue weighted by Crippen LogP contribution is -2.27. The number of aromatic nitrogens is 2. The van der Waals surface area contributed by atoms with Crippen molar-refractivity contribution in [2.45, 2.75) is 85.0 Å². The minimum atomic E-state index is -1.01. The van der Waals surface area contributed by atoms with Crippen LogP contribution in [0.25, 0.3) is 11.1 Å². The molecule has 0 amide bonds. The van der Waals surface area contributed by atoms with Gasteiger partial charge in [-0.15, -0.1) is 0 Å². The van der Waals surface area contributed by atoms with Gasteiger partial charge in [0.05, 0.1) is 17.8 Å². The van der Waals surface area contributed by atoms with Crippen LogP contribution in [-0.2, 0) is 26.2 Å². The maximum absolute atomic E-state index is 14.4. The van der Waals surface area contributed by atoms with Gasteiger partial charge < -0.3 is 5.11 Å². The van der Waals surface area contributed by atoms with Crippen molar-refractivity contribution in [3.63, 3.8) is 0 Å². The average Bonchev–Trinajstić information content (AvgIpc) is 3.16. The number of carboxylic acids is 1. The van der Waals surface area contributed by atoms with Crippen molar-refractivity contribution in [3.05, 3.63) is 81.5 Å². The molecule has 0 saturated heterocycles. The zero-order valence-electron chi connectivity index (χ0n) is 22.1. The molecule has 198 valence electrons. The maximum atomic E-state index is 14.4. The lowest BCUT2D eigenvalue weighted by Gasteiger charge is -2.21. The Labute approximate surface area is 219 Å². The standard InChI is InChI=1S/C31H39FN2O3/c1-22(2)13-16-28-29(20-32)33(18-17-23-9-5-3-6-10-23)31(37)34(28)21-24-14-15-26(27(19-24)30(35)36)25-11-7-4-8-12-25/h4,7-8,11-12,14-15,19,22-23H,3,5-6,9-10,13,16-18,20-21H2,1-2H3,(H,35,36). The Morgan fingerprint density at radius 3 is 2.41 bits per heavy atom. The van der Waals surface area contributed by atoms with E-state index in [1.54, 1.807) is 15.2 Å². The number of benzene rings is 2. The van der Waals surface area contributed by atoms with Crippen molar-refractivity contribution in [3.8, 4) is 11.1 Å². The van der Waals surface area contributed by atoms with Gasteiger partial charge >= 0.3 is 11.7 Å². The summed E-state index contributed by atoms with van der Waals surface area (Å²) in [5, 5.41) is 9.93. The normalized spacial score (nSPS) is 14.4. The average molecular weight is 507 g/mol. The second-order valence-corrected chi connectivity index (χ2v) is 10.8. The van der Waals surface area contributed by atoms with Gasteiger partial charge in [0, 0.05) is 12.2 Å². The highest BCUT2D eigenvalue weighted by Gasteiger charge is 2.22. The molecule has 37 heavy (non-hydrogen) atoms. The number of halogens is 1. The molecule has 0 atom stereocenters. The molecule has 0 unspecified atom stereocenters. The molecule has 0 spiro atoms. The first-order chi connectivity index (χ1) is 17.9. The molecule has 6 heteroatoms. The highest BCUT2D eigenvalue weighted by Crippen LogP contribution is 2.28. The zero-order chi connectivity index (χ0) is 26.4. The topological polar surface area (TPSA) is 64.2 Å². The zero-order valence-corrected chi connectivity index (χ0v) is 22.1. The molecule has 1 fully saturated rings. The molecule has 2 aromatic carbocycles. The number of carboxylic acid groups (broad SMARTS) is 1. The van der Waals surface area contributed by atoms with E-state index in [4.69, 9.17) is 0 Å². The summed E-state index contributed by atoms with van der Waals surface area (Å²) in [6.45, 7) is 4.34. The molecule has 3 aromatic rings. The van der Waals surface area contributed by atoms with E-state index in [9.17, 15) is 19.1 Å². The van der Waals surface area contributed by atoms with Crippen LogP contribution in [0.1, 0.15) is 86.1 Å². The predicted octanol–water partition coefficient (Wildman–Crippen LogP) is 7.09. The number of aromatic carboxylic acids is 1. The van der Waals surface area contributed by atoms with Crippen LogP contribution in [0, 0.1) is 11.8 Å². The minimum Gasteiger partial charge on any atom is -0.478 e. The van der Waals surface area contributed by atoms with E-state index in [0.717, 1.165) is 29.7 Å². The van der Waals surface area contributed by atoms with Gasteiger partial charge in [-0.1, -0.05) is 88.4 Å². The second-order valence-electron chi connectivity index (χ2n) is 10.8. The van der Waals surface area contributed by atoms with E-state index < -0.39 is 12.6 Å². The molecule has 5 nitrogen and oxygen atoms in total. The van der Waals surface area contributed by atoms with E-state index >= 15 is 0 Å². The summed E-state index contributed by atoms with van der Waals surface area (Å²) in [5.41, 5.74) is 3.43. The summed E-state index contributed by atoms with van der Waals surface area (Å²) in [4.78, 5) is 25.8. The number of nitrogens with zero attached hydrogens (tertiary/aromatic N) is 2. The van der Waals surface area contributed by atoms with Gasteiger partial charge in [0.1, 0.15) is 6.67 Å². The van der Waals surface area contributed by atoms with Crippen molar-refractivity contribution in [1.29, 1.82) is 0 Å². The van der Waals surface area contributed by atoms with Crippen LogP contribution in [0.15, 0.2) is 53.3 Å². The molecule has 1 heterocycles. The quantitative estimate of drug-likeness (QED) is 0.302. The van der Waals surface area contributed by atoms with Crippen LogP contribution < -0.4 is 5.69 Å². The van der Waals surface area contributed by atoms with Crippen LogP contribution in [-0.4, -0.2) is 20.2 Å². The van der Waals surface area contributed by atoms with Crippen LogP contribution in [0.5, 0.6) is 0 Å². The van der Waals surface area contributed by atoms with Gasteiger partial charge in [0.25, 0.3) is 0 Å². The smallest absolute Gasteiger partial charge is 0.336 e. The summed E-state index contributed by atoms with van der Waals surface area (Å²) in [6.07, 6.45) is 8.50. The minimum absolute atomic E-state index is 0.189. The number of alkyl halides is 1. The van der Waals surface area contributed by atoms with E-state index in [1.807, 2.05) is 42.5 Å². The van der Waals surface area contributed by atoms with Gasteiger partial charge in [-0.25, -0.2) is 14.0 Å². The van der Waals surface area contributed by atoms with Gasteiger partial charge in [0.2, 0.25) is 0 Å². The molecular weight excluding hydrogens is 467 g/mol. The molecule has 1 aliphatic carbocycles. The first-order valence-electron chi connectivity index (χ1n) is 13.7. The Hall–Kier alpha value is -3.15. The fraction of sp³-hybridized carbons (Fsp3) is 0.484. The third kappa shape index (κ3) is 6.41. The summed E-state index contributed by atoms with van der Waals surface area (Å²) in [5.74, 6) is 0.00665. The van der Waals surface area contributed by atoms with E-state index in [0.29, 0.717) is 36.1 Å². The number of rotatable bonds is 11. The van der Waals surface area contributed by atoms with Gasteiger partial charge in [0.15, 0.2) is 0 Å². The van der Waals surface area contributed by atoms with E-state index in [2.05, 4.69) is 13.8 Å². The first kappa shape index (κ1) is 26.9. The monoisotopic (exact) mass is 506 g/mol. The van der Waals surface area contributed by atoms with Crippen molar-refractivity contribution in [2.24, 2.45) is 11.8 Å². The van der Waals surface area contributed by atoms with Crippen molar-refractivity contribution in [1.82, 2.24) is 9.13 Å². The van der Waals surface area contributed by atoms with Gasteiger partial charge in [-0.05, 0) is 53.9 Å². The molecule has 1 aliphatic rings. The predicted molar refractivity (Wildman–Crippen MR) is 146 cm³/mol. The number of hydrogen-bond donors (Lipinski definition) is 1. The first-order valence-corrected chi connectivity index (χ1v) is 13.7. The maximum Gasteiger partial charge on any atom is 0.336 e. The molecule has 0 bridgehead atoms. The van der Waals surface area contributed by atoms with Crippen LogP contribution >= 0.6 is 0 Å². The second kappa shape index (κ2) is 12.4. The fourth-order valence-corrected chi connectivity index (χ4v) is 5.64. The summed E-state index contributed by atoms with van der Waals surface area (Å²) >= 11 is 0. The lowest BCUT2D eigenvalue weighted by molar-refractivity contribution is 0.0697. The van der Waals surface area contributed by atoms with Crippen LogP contribution in [0.3, 0.4) is 0 Å². The highest BCUT2D eigenvalue weighted by atomic mass is 19.1. The molecule has 0 radical (unpaired) electrons. The molecule has 1 saturated carbocycles. The molecule has 0 aliphatic heterocycles. The number of imidazole rings is 1. The van der Waals surface area contributed by atoms with Gasteiger partial charge in [-0.2, -0.15) is 0 Å². The number of carbonyl (C=O) groups is 1.